The summed E-state index contributed by atoms with van der Waals surface area (Å²) in [4.78, 5) is 14.3. The Morgan fingerprint density at radius 3 is 3.05 bits per heavy atom. The Balaban J connectivity index is 2.11. The van der Waals surface area contributed by atoms with Crippen molar-refractivity contribution < 1.29 is 9.90 Å². The molecule has 3 N–H and O–H groups in total. The van der Waals surface area contributed by atoms with Gasteiger partial charge < -0.3 is 15.7 Å². The van der Waals surface area contributed by atoms with Crippen LogP contribution >= 0.6 is 0 Å². The summed E-state index contributed by atoms with van der Waals surface area (Å²) < 4.78 is 1.68. The lowest BCUT2D eigenvalue weighted by Crippen LogP contribution is -2.36. The number of likely N-dealkylation sites (tertiary alicyclic amines) is 1. The fourth-order valence-corrected chi connectivity index (χ4v) is 2.63. The Bertz CT molecular complexity index is 444. The van der Waals surface area contributed by atoms with E-state index in [4.69, 9.17) is 10.8 Å². The van der Waals surface area contributed by atoms with Crippen LogP contribution < -0.4 is 5.73 Å². The highest BCUT2D eigenvalue weighted by Gasteiger charge is 2.31. The van der Waals surface area contributed by atoms with Crippen molar-refractivity contribution in [1.29, 1.82) is 0 Å². The van der Waals surface area contributed by atoms with E-state index in [-0.39, 0.29) is 18.6 Å². The number of nitrogens with two attached hydrogens (primary N) is 1. The number of nitrogens with zero attached hydrogens (tertiary/aromatic N) is 3. The van der Waals surface area contributed by atoms with Crippen molar-refractivity contribution in [1.82, 2.24) is 14.7 Å². The average Bonchev–Trinajstić information content (AvgIpc) is 3.01. The number of carbonyl (C=O) groups excluding carboxylic acids is 1. The Hall–Kier alpha value is -1.56. The predicted molar refractivity (Wildman–Crippen MR) is 72.7 cm³/mol. The van der Waals surface area contributed by atoms with Gasteiger partial charge in [-0.25, -0.2) is 0 Å². The maximum atomic E-state index is 12.5. The number of nitrogen functional groups attached to an aromatic ring is 1. The maximum absolute atomic E-state index is 12.5. The van der Waals surface area contributed by atoms with Gasteiger partial charge in [-0.3, -0.25) is 9.48 Å². The Morgan fingerprint density at radius 2 is 2.42 bits per heavy atom. The van der Waals surface area contributed by atoms with E-state index >= 15 is 0 Å². The van der Waals surface area contributed by atoms with Crippen LogP contribution in [-0.2, 0) is 6.54 Å². The molecule has 1 atom stereocenters. The van der Waals surface area contributed by atoms with Gasteiger partial charge in [-0.15, -0.1) is 0 Å². The normalized spacial score (nSPS) is 19.1. The maximum Gasteiger partial charge on any atom is 0.276 e. The first kappa shape index (κ1) is 13.9. The number of rotatable bonds is 5. The molecule has 0 radical (unpaired) electrons. The number of aliphatic hydroxyl groups is 1. The lowest BCUT2D eigenvalue weighted by Gasteiger charge is -2.23. The Morgan fingerprint density at radius 1 is 1.63 bits per heavy atom. The molecule has 1 saturated heterocycles. The van der Waals surface area contributed by atoms with Gasteiger partial charge in [0.1, 0.15) is 0 Å². The number of amides is 1. The minimum atomic E-state index is -0.0786. The molecule has 2 heterocycles. The summed E-state index contributed by atoms with van der Waals surface area (Å²) in [6.45, 7) is 3.59. The van der Waals surface area contributed by atoms with Crippen LogP contribution in [0.2, 0.25) is 0 Å². The molecule has 1 aliphatic heterocycles. The number of anilines is 1. The molecule has 1 aromatic rings. The van der Waals surface area contributed by atoms with E-state index in [1.165, 1.54) is 0 Å². The van der Waals surface area contributed by atoms with Crippen LogP contribution in [0.4, 0.5) is 5.69 Å². The van der Waals surface area contributed by atoms with Crippen molar-refractivity contribution in [3.05, 3.63) is 11.9 Å². The van der Waals surface area contributed by atoms with Gasteiger partial charge in [0.25, 0.3) is 5.91 Å². The summed E-state index contributed by atoms with van der Waals surface area (Å²) in [6.07, 6.45) is 5.28. The third-order valence-electron chi connectivity index (χ3n) is 3.65. The molecule has 0 saturated carbocycles. The molecular weight excluding hydrogens is 244 g/mol. The molecule has 6 heteroatoms. The molecule has 0 aromatic carbocycles. The molecule has 106 valence electrons. The highest BCUT2D eigenvalue weighted by molar-refractivity contribution is 5.97. The summed E-state index contributed by atoms with van der Waals surface area (Å²) >= 11 is 0. The molecule has 0 aliphatic carbocycles. The molecule has 6 nitrogen and oxygen atoms in total. The first-order chi connectivity index (χ1) is 9.17. The van der Waals surface area contributed by atoms with Crippen molar-refractivity contribution in [3.8, 4) is 0 Å². The first-order valence-electron chi connectivity index (χ1n) is 6.92. The smallest absolute Gasteiger partial charge is 0.276 e. The monoisotopic (exact) mass is 266 g/mol. The quantitative estimate of drug-likeness (QED) is 0.828. The van der Waals surface area contributed by atoms with Gasteiger partial charge in [-0.05, 0) is 32.6 Å². The highest BCUT2D eigenvalue weighted by Crippen LogP contribution is 2.24. The third kappa shape index (κ3) is 2.89. The summed E-state index contributed by atoms with van der Waals surface area (Å²) in [5, 5.41) is 13.1. The van der Waals surface area contributed by atoms with Crippen LogP contribution in [0.1, 0.15) is 43.1 Å². The lowest BCUT2D eigenvalue weighted by molar-refractivity contribution is 0.0718. The zero-order valence-electron chi connectivity index (χ0n) is 11.4. The van der Waals surface area contributed by atoms with Crippen LogP contribution in [0, 0.1) is 0 Å². The molecule has 0 bridgehead atoms. The highest BCUT2D eigenvalue weighted by atomic mass is 16.3. The fourth-order valence-electron chi connectivity index (χ4n) is 2.63. The molecule has 1 aromatic heterocycles. The standard InChI is InChI=1S/C13H22N4O2/c1-2-16-9-11(14)12(15-16)13(19)17-7-3-5-10(17)6-4-8-18/h9-10,18H,2-8,14H2,1H3. The summed E-state index contributed by atoms with van der Waals surface area (Å²) in [5.41, 5.74) is 6.66. The molecular formula is C13H22N4O2. The second-order valence-electron chi connectivity index (χ2n) is 4.95. The predicted octanol–water partition coefficient (Wildman–Crippen LogP) is 0.862. The average molecular weight is 266 g/mol. The van der Waals surface area contributed by atoms with Gasteiger partial charge in [0.05, 0.1) is 5.69 Å². The van der Waals surface area contributed by atoms with Crippen molar-refractivity contribution >= 4 is 11.6 Å². The number of aryl methyl sites for hydroxylation is 1. The van der Waals surface area contributed by atoms with Crippen molar-refractivity contribution in [2.24, 2.45) is 0 Å². The summed E-state index contributed by atoms with van der Waals surface area (Å²) in [7, 11) is 0. The third-order valence-corrected chi connectivity index (χ3v) is 3.65. The molecule has 1 amide bonds. The molecule has 1 fully saturated rings. The van der Waals surface area contributed by atoms with Crippen LogP contribution in [0.5, 0.6) is 0 Å². The van der Waals surface area contributed by atoms with Gasteiger partial charge in [0, 0.05) is 31.9 Å². The molecule has 1 unspecified atom stereocenters. The lowest BCUT2D eigenvalue weighted by atomic mass is 10.1. The largest absolute Gasteiger partial charge is 0.396 e. The van der Waals surface area contributed by atoms with Gasteiger partial charge in [-0.1, -0.05) is 0 Å². The van der Waals surface area contributed by atoms with E-state index < -0.39 is 0 Å². The number of hydrogen-bond donors (Lipinski definition) is 2. The summed E-state index contributed by atoms with van der Waals surface area (Å²) in [6, 6.07) is 0.214. The number of hydrogen-bond acceptors (Lipinski definition) is 4. The van der Waals surface area contributed by atoms with E-state index in [9.17, 15) is 4.79 Å². The minimum absolute atomic E-state index is 0.0786. The van der Waals surface area contributed by atoms with Gasteiger partial charge in [0.2, 0.25) is 0 Å². The van der Waals surface area contributed by atoms with Crippen molar-refractivity contribution in [2.45, 2.75) is 45.2 Å². The van der Waals surface area contributed by atoms with Crippen LogP contribution in [-0.4, -0.2) is 44.9 Å². The number of aliphatic hydroxyl groups excluding tert-OH is 1. The van der Waals surface area contributed by atoms with E-state index in [2.05, 4.69) is 5.10 Å². The number of aromatic nitrogens is 2. The van der Waals surface area contributed by atoms with Crippen LogP contribution in [0.15, 0.2) is 6.20 Å². The zero-order chi connectivity index (χ0) is 13.8. The molecule has 2 rings (SSSR count). The second-order valence-corrected chi connectivity index (χ2v) is 4.95. The van der Waals surface area contributed by atoms with Gasteiger partial charge in [0.15, 0.2) is 5.69 Å². The van der Waals surface area contributed by atoms with Crippen LogP contribution in [0.25, 0.3) is 0 Å². The van der Waals surface area contributed by atoms with E-state index in [0.717, 1.165) is 32.2 Å². The second kappa shape index (κ2) is 6.06. The van der Waals surface area contributed by atoms with E-state index in [1.54, 1.807) is 10.9 Å². The van der Waals surface area contributed by atoms with E-state index in [1.807, 2.05) is 11.8 Å². The van der Waals surface area contributed by atoms with Crippen molar-refractivity contribution in [2.75, 3.05) is 18.9 Å². The van der Waals surface area contributed by atoms with E-state index in [0.29, 0.717) is 17.9 Å². The number of carbonyl (C=O) groups is 1. The summed E-state index contributed by atoms with van der Waals surface area (Å²) in [5.74, 6) is -0.0786. The molecule has 0 spiro atoms. The molecule has 19 heavy (non-hydrogen) atoms. The van der Waals surface area contributed by atoms with Crippen molar-refractivity contribution in [3.63, 3.8) is 0 Å². The Kier molecular flexibility index (Phi) is 4.42. The van der Waals surface area contributed by atoms with Gasteiger partial charge >= 0.3 is 0 Å². The topological polar surface area (TPSA) is 84.4 Å². The SMILES string of the molecule is CCn1cc(N)c(C(=O)N2CCCC2CCCO)n1. The Labute approximate surface area is 113 Å². The zero-order valence-corrected chi connectivity index (χ0v) is 11.4. The van der Waals surface area contributed by atoms with Gasteiger partial charge in [-0.2, -0.15) is 5.10 Å². The van der Waals surface area contributed by atoms with Crippen LogP contribution in [0.3, 0.4) is 0 Å². The molecule has 1 aliphatic rings. The minimum Gasteiger partial charge on any atom is -0.396 e. The fraction of sp³-hybridized carbons (Fsp3) is 0.692. The first-order valence-corrected chi connectivity index (χ1v) is 6.92.